The third-order valence-electron chi connectivity index (χ3n) is 4.55. The van der Waals surface area contributed by atoms with Crippen LogP contribution in [0.15, 0.2) is 24.5 Å². The van der Waals surface area contributed by atoms with Crippen LogP contribution in [0.25, 0.3) is 0 Å². The molecule has 1 aromatic heterocycles. The molecule has 1 aliphatic heterocycles. The monoisotopic (exact) mass is 246 g/mol. The van der Waals surface area contributed by atoms with Gasteiger partial charge in [0.25, 0.3) is 0 Å². The fraction of sp³-hybridized carbons (Fsp3) is 0.667. The molecule has 1 aromatic rings. The SMILES string of the molecule is OC1CCCC1C1CCCN1Cc1cccnc1. The molecule has 1 N–H and O–H groups in total. The Kier molecular flexibility index (Phi) is 3.62. The molecule has 0 spiro atoms. The van der Waals surface area contributed by atoms with E-state index < -0.39 is 0 Å². The van der Waals surface area contributed by atoms with Crippen LogP contribution in [0.4, 0.5) is 0 Å². The molecule has 2 fully saturated rings. The number of rotatable bonds is 3. The predicted octanol–water partition coefficient (Wildman–Crippen LogP) is 2.21. The molecule has 2 heterocycles. The fourth-order valence-corrected chi connectivity index (χ4v) is 3.68. The van der Waals surface area contributed by atoms with Crippen LogP contribution in [0.5, 0.6) is 0 Å². The van der Waals surface area contributed by atoms with Crippen molar-refractivity contribution in [3.63, 3.8) is 0 Å². The number of aliphatic hydroxyl groups excluding tert-OH is 1. The lowest BCUT2D eigenvalue weighted by Gasteiger charge is -2.31. The largest absolute Gasteiger partial charge is 0.393 e. The first-order valence-electron chi connectivity index (χ1n) is 7.15. The zero-order chi connectivity index (χ0) is 12.4. The van der Waals surface area contributed by atoms with Gasteiger partial charge in [0.2, 0.25) is 0 Å². The zero-order valence-corrected chi connectivity index (χ0v) is 10.8. The Hall–Kier alpha value is -0.930. The summed E-state index contributed by atoms with van der Waals surface area (Å²) < 4.78 is 0. The molecule has 0 bridgehead atoms. The number of likely N-dealkylation sites (tertiary alicyclic amines) is 1. The summed E-state index contributed by atoms with van der Waals surface area (Å²) in [5.41, 5.74) is 1.29. The lowest BCUT2D eigenvalue weighted by atomic mass is 9.94. The lowest BCUT2D eigenvalue weighted by molar-refractivity contribution is 0.0718. The number of pyridine rings is 1. The van der Waals surface area contributed by atoms with E-state index >= 15 is 0 Å². The second-order valence-electron chi connectivity index (χ2n) is 5.70. The smallest absolute Gasteiger partial charge is 0.0583 e. The normalized spacial score (nSPS) is 33.1. The Balaban J connectivity index is 1.68. The molecule has 3 atom stereocenters. The molecular formula is C15H22N2O. The molecule has 3 heteroatoms. The number of nitrogens with zero attached hydrogens (tertiary/aromatic N) is 2. The molecule has 0 radical (unpaired) electrons. The maximum absolute atomic E-state index is 10.1. The van der Waals surface area contributed by atoms with E-state index in [1.165, 1.54) is 37.8 Å². The summed E-state index contributed by atoms with van der Waals surface area (Å²) in [5.74, 6) is 0.504. The summed E-state index contributed by atoms with van der Waals surface area (Å²) in [5, 5.41) is 10.1. The van der Waals surface area contributed by atoms with E-state index in [2.05, 4.69) is 16.0 Å². The number of aromatic nitrogens is 1. The van der Waals surface area contributed by atoms with Crippen molar-refractivity contribution in [2.45, 2.75) is 50.8 Å². The number of aliphatic hydroxyl groups is 1. The fourth-order valence-electron chi connectivity index (χ4n) is 3.68. The van der Waals surface area contributed by atoms with Gasteiger partial charge in [0.1, 0.15) is 0 Å². The van der Waals surface area contributed by atoms with Crippen molar-refractivity contribution in [2.75, 3.05) is 6.54 Å². The van der Waals surface area contributed by atoms with E-state index in [0.717, 1.165) is 13.0 Å². The molecule has 98 valence electrons. The van der Waals surface area contributed by atoms with Gasteiger partial charge in [-0.3, -0.25) is 9.88 Å². The van der Waals surface area contributed by atoms with Crippen molar-refractivity contribution in [3.8, 4) is 0 Å². The Morgan fingerprint density at radius 1 is 1.28 bits per heavy atom. The predicted molar refractivity (Wildman–Crippen MR) is 71.0 cm³/mol. The van der Waals surface area contributed by atoms with Crippen LogP contribution in [-0.2, 0) is 6.54 Å². The van der Waals surface area contributed by atoms with Crippen molar-refractivity contribution in [1.29, 1.82) is 0 Å². The van der Waals surface area contributed by atoms with Crippen molar-refractivity contribution >= 4 is 0 Å². The topological polar surface area (TPSA) is 36.4 Å². The third kappa shape index (κ3) is 2.43. The van der Waals surface area contributed by atoms with Crippen LogP contribution >= 0.6 is 0 Å². The second kappa shape index (κ2) is 5.37. The highest BCUT2D eigenvalue weighted by atomic mass is 16.3. The highest BCUT2D eigenvalue weighted by molar-refractivity contribution is 5.09. The van der Waals surface area contributed by atoms with Crippen molar-refractivity contribution < 1.29 is 5.11 Å². The Labute approximate surface area is 109 Å². The van der Waals surface area contributed by atoms with Gasteiger partial charge in [-0.15, -0.1) is 0 Å². The summed E-state index contributed by atoms with van der Waals surface area (Å²) in [6.07, 6.45) is 9.65. The van der Waals surface area contributed by atoms with Crippen LogP contribution < -0.4 is 0 Å². The van der Waals surface area contributed by atoms with Gasteiger partial charge in [-0.1, -0.05) is 12.5 Å². The maximum Gasteiger partial charge on any atom is 0.0583 e. The average molecular weight is 246 g/mol. The van der Waals surface area contributed by atoms with Gasteiger partial charge in [0, 0.05) is 30.9 Å². The van der Waals surface area contributed by atoms with E-state index in [1.807, 2.05) is 18.5 Å². The van der Waals surface area contributed by atoms with E-state index in [-0.39, 0.29) is 6.10 Å². The molecule has 3 nitrogen and oxygen atoms in total. The highest BCUT2D eigenvalue weighted by Gasteiger charge is 2.37. The molecule has 1 saturated heterocycles. The molecule has 3 rings (SSSR count). The summed E-state index contributed by atoms with van der Waals surface area (Å²) in [4.78, 5) is 6.74. The van der Waals surface area contributed by atoms with Crippen LogP contribution in [0.2, 0.25) is 0 Å². The summed E-state index contributed by atoms with van der Waals surface area (Å²) >= 11 is 0. The zero-order valence-electron chi connectivity index (χ0n) is 10.8. The van der Waals surface area contributed by atoms with E-state index in [1.54, 1.807) is 0 Å². The minimum Gasteiger partial charge on any atom is -0.393 e. The molecular weight excluding hydrogens is 224 g/mol. The second-order valence-corrected chi connectivity index (χ2v) is 5.70. The van der Waals surface area contributed by atoms with Crippen molar-refractivity contribution in [1.82, 2.24) is 9.88 Å². The lowest BCUT2D eigenvalue weighted by Crippen LogP contribution is -2.38. The van der Waals surface area contributed by atoms with Gasteiger partial charge >= 0.3 is 0 Å². The maximum atomic E-state index is 10.1. The number of hydrogen-bond donors (Lipinski definition) is 1. The van der Waals surface area contributed by atoms with Gasteiger partial charge in [-0.25, -0.2) is 0 Å². The molecule has 3 unspecified atom stereocenters. The molecule has 0 amide bonds. The van der Waals surface area contributed by atoms with E-state index in [4.69, 9.17) is 0 Å². The minimum absolute atomic E-state index is 0.0653. The quantitative estimate of drug-likeness (QED) is 0.888. The van der Waals surface area contributed by atoms with Crippen LogP contribution in [0.3, 0.4) is 0 Å². The Morgan fingerprint density at radius 2 is 2.22 bits per heavy atom. The Morgan fingerprint density at radius 3 is 2.94 bits per heavy atom. The van der Waals surface area contributed by atoms with Crippen LogP contribution in [0, 0.1) is 5.92 Å². The van der Waals surface area contributed by atoms with Crippen LogP contribution in [-0.4, -0.2) is 33.7 Å². The summed E-state index contributed by atoms with van der Waals surface area (Å²) in [6, 6.07) is 4.74. The Bertz CT molecular complexity index is 381. The standard InChI is InChI=1S/C15H22N2O/c18-15-7-1-5-13(15)14-6-3-9-17(14)11-12-4-2-8-16-10-12/h2,4,8,10,13-15,18H,1,3,5-7,9,11H2. The molecule has 1 aliphatic carbocycles. The average Bonchev–Trinajstić information content (AvgIpc) is 2.99. The molecule has 1 saturated carbocycles. The van der Waals surface area contributed by atoms with Crippen molar-refractivity contribution in [3.05, 3.63) is 30.1 Å². The first-order chi connectivity index (χ1) is 8.84. The first kappa shape index (κ1) is 12.1. The van der Waals surface area contributed by atoms with Crippen LogP contribution in [0.1, 0.15) is 37.7 Å². The van der Waals surface area contributed by atoms with Gasteiger partial charge in [-0.05, 0) is 43.9 Å². The third-order valence-corrected chi connectivity index (χ3v) is 4.55. The summed E-state index contributed by atoms with van der Waals surface area (Å²) in [7, 11) is 0. The highest BCUT2D eigenvalue weighted by Crippen LogP contribution is 2.36. The molecule has 18 heavy (non-hydrogen) atoms. The van der Waals surface area contributed by atoms with Crippen molar-refractivity contribution in [2.24, 2.45) is 5.92 Å². The summed E-state index contributed by atoms with van der Waals surface area (Å²) in [6.45, 7) is 2.16. The molecule has 2 aliphatic rings. The minimum atomic E-state index is -0.0653. The number of hydrogen-bond acceptors (Lipinski definition) is 3. The van der Waals surface area contributed by atoms with Gasteiger partial charge in [0.15, 0.2) is 0 Å². The van der Waals surface area contributed by atoms with Gasteiger partial charge < -0.3 is 5.11 Å². The van der Waals surface area contributed by atoms with Gasteiger partial charge in [0.05, 0.1) is 6.10 Å². The van der Waals surface area contributed by atoms with Gasteiger partial charge in [-0.2, -0.15) is 0 Å². The molecule has 0 aromatic carbocycles. The first-order valence-corrected chi connectivity index (χ1v) is 7.15. The van der Waals surface area contributed by atoms with E-state index in [0.29, 0.717) is 12.0 Å². The van der Waals surface area contributed by atoms with E-state index in [9.17, 15) is 5.11 Å².